The van der Waals surface area contributed by atoms with E-state index in [9.17, 15) is 4.79 Å². The second-order valence-corrected chi connectivity index (χ2v) is 3.62. The number of ketones is 1. The van der Waals surface area contributed by atoms with E-state index in [1.807, 2.05) is 25.2 Å². The van der Waals surface area contributed by atoms with Gasteiger partial charge in [0.05, 0.1) is 0 Å². The van der Waals surface area contributed by atoms with Gasteiger partial charge in [0, 0.05) is 5.92 Å². The predicted molar refractivity (Wildman–Crippen MR) is 55.5 cm³/mol. The fraction of sp³-hybridized carbons (Fsp3) is 0.583. The van der Waals surface area contributed by atoms with Crippen LogP contribution < -0.4 is 0 Å². The summed E-state index contributed by atoms with van der Waals surface area (Å²) in [7, 11) is 0. The van der Waals surface area contributed by atoms with Crippen LogP contribution in [-0.4, -0.2) is 5.78 Å². The average molecular weight is 178 g/mol. The number of rotatable bonds is 3. The summed E-state index contributed by atoms with van der Waals surface area (Å²) in [6, 6.07) is 0. The van der Waals surface area contributed by atoms with Gasteiger partial charge in [-0.3, -0.25) is 4.79 Å². The highest BCUT2D eigenvalue weighted by molar-refractivity contribution is 5.91. The van der Waals surface area contributed by atoms with Crippen LogP contribution in [0.25, 0.3) is 0 Å². The highest BCUT2D eigenvalue weighted by atomic mass is 16.1. The van der Waals surface area contributed by atoms with Crippen molar-refractivity contribution in [2.24, 2.45) is 5.92 Å². The van der Waals surface area contributed by atoms with Gasteiger partial charge in [-0.05, 0) is 25.8 Å². The fourth-order valence-electron chi connectivity index (χ4n) is 1.78. The summed E-state index contributed by atoms with van der Waals surface area (Å²) in [6.07, 6.45) is 13.4. The summed E-state index contributed by atoms with van der Waals surface area (Å²) in [5.74, 6) is 0.632. The first kappa shape index (κ1) is 10.2. The van der Waals surface area contributed by atoms with E-state index in [-0.39, 0.29) is 0 Å². The first-order valence-electron chi connectivity index (χ1n) is 5.18. The molecule has 72 valence electrons. The first-order chi connectivity index (χ1) is 6.34. The second-order valence-electron chi connectivity index (χ2n) is 3.62. The quantitative estimate of drug-likeness (QED) is 0.479. The van der Waals surface area contributed by atoms with Crippen LogP contribution in [0.2, 0.25) is 0 Å². The molecule has 0 amide bonds. The monoisotopic (exact) mass is 178 g/mol. The minimum atomic E-state index is 0.315. The smallest absolute Gasteiger partial charge is 0.158 e. The van der Waals surface area contributed by atoms with Crippen LogP contribution in [0.4, 0.5) is 0 Å². The molecule has 0 aromatic rings. The standard InChI is InChI=1S/C12H18O/c1-2-3-5-10-12(13)11-8-6-4-7-9-11/h2-3,5,10-11H,4,6-9H2,1H3. The maximum Gasteiger partial charge on any atom is 0.158 e. The van der Waals surface area contributed by atoms with Crippen LogP contribution in [-0.2, 0) is 4.79 Å². The summed E-state index contributed by atoms with van der Waals surface area (Å²) in [5, 5.41) is 0. The van der Waals surface area contributed by atoms with E-state index in [1.54, 1.807) is 6.08 Å². The zero-order valence-electron chi connectivity index (χ0n) is 8.33. The van der Waals surface area contributed by atoms with Crippen LogP contribution in [0.5, 0.6) is 0 Å². The van der Waals surface area contributed by atoms with Crippen LogP contribution in [0.1, 0.15) is 39.0 Å². The SMILES string of the molecule is CC=CC=CC(=O)C1CCCCC1. The lowest BCUT2D eigenvalue weighted by Gasteiger charge is -2.18. The Morgan fingerprint density at radius 2 is 1.85 bits per heavy atom. The third-order valence-corrected chi connectivity index (χ3v) is 2.57. The van der Waals surface area contributed by atoms with Crippen molar-refractivity contribution in [1.82, 2.24) is 0 Å². The van der Waals surface area contributed by atoms with E-state index in [0.29, 0.717) is 11.7 Å². The molecule has 0 saturated heterocycles. The van der Waals surface area contributed by atoms with Crippen molar-refractivity contribution in [1.29, 1.82) is 0 Å². The zero-order chi connectivity index (χ0) is 9.52. The fourth-order valence-corrected chi connectivity index (χ4v) is 1.78. The van der Waals surface area contributed by atoms with Gasteiger partial charge in [0.1, 0.15) is 0 Å². The Bertz CT molecular complexity index is 207. The molecule has 0 N–H and O–H groups in total. The topological polar surface area (TPSA) is 17.1 Å². The van der Waals surface area contributed by atoms with Crippen molar-refractivity contribution >= 4 is 5.78 Å². The van der Waals surface area contributed by atoms with E-state index < -0.39 is 0 Å². The predicted octanol–water partition coefficient (Wildman–Crippen LogP) is 3.27. The van der Waals surface area contributed by atoms with Gasteiger partial charge in [-0.1, -0.05) is 37.5 Å². The molecule has 1 nitrogen and oxygen atoms in total. The zero-order valence-corrected chi connectivity index (χ0v) is 8.33. The number of hydrogen-bond donors (Lipinski definition) is 0. The molecule has 0 aliphatic heterocycles. The second kappa shape index (κ2) is 5.74. The molecule has 1 fully saturated rings. The largest absolute Gasteiger partial charge is 0.295 e. The third kappa shape index (κ3) is 3.58. The minimum Gasteiger partial charge on any atom is -0.295 e. The van der Waals surface area contributed by atoms with E-state index in [0.717, 1.165) is 12.8 Å². The highest BCUT2D eigenvalue weighted by Gasteiger charge is 2.18. The maximum atomic E-state index is 11.6. The molecular weight excluding hydrogens is 160 g/mol. The lowest BCUT2D eigenvalue weighted by Crippen LogP contribution is -2.15. The molecule has 0 bridgehead atoms. The molecule has 0 unspecified atom stereocenters. The van der Waals surface area contributed by atoms with Crippen LogP contribution in [0, 0.1) is 5.92 Å². The van der Waals surface area contributed by atoms with Gasteiger partial charge in [-0.15, -0.1) is 0 Å². The Morgan fingerprint density at radius 1 is 1.15 bits per heavy atom. The van der Waals surface area contributed by atoms with E-state index in [2.05, 4.69) is 0 Å². The summed E-state index contributed by atoms with van der Waals surface area (Å²) < 4.78 is 0. The molecule has 1 heteroatoms. The van der Waals surface area contributed by atoms with Crippen molar-refractivity contribution in [3.8, 4) is 0 Å². The van der Waals surface area contributed by atoms with Crippen molar-refractivity contribution in [2.75, 3.05) is 0 Å². The van der Waals surface area contributed by atoms with Crippen molar-refractivity contribution < 1.29 is 4.79 Å². The maximum absolute atomic E-state index is 11.6. The summed E-state index contributed by atoms with van der Waals surface area (Å²) in [5.41, 5.74) is 0. The molecule has 0 spiro atoms. The number of allylic oxidation sites excluding steroid dienone is 4. The van der Waals surface area contributed by atoms with Gasteiger partial charge in [-0.25, -0.2) is 0 Å². The molecular formula is C12H18O. The average Bonchev–Trinajstić information content (AvgIpc) is 2.19. The molecule has 0 atom stereocenters. The summed E-state index contributed by atoms with van der Waals surface area (Å²) in [6.45, 7) is 1.95. The molecule has 1 rings (SSSR count). The molecule has 1 aliphatic rings. The normalized spacial score (nSPS) is 20.1. The Morgan fingerprint density at radius 3 is 2.46 bits per heavy atom. The Kier molecular flexibility index (Phi) is 4.52. The molecule has 0 heterocycles. The third-order valence-electron chi connectivity index (χ3n) is 2.57. The van der Waals surface area contributed by atoms with Gasteiger partial charge in [0.15, 0.2) is 5.78 Å². The van der Waals surface area contributed by atoms with Gasteiger partial charge >= 0.3 is 0 Å². The van der Waals surface area contributed by atoms with E-state index in [4.69, 9.17) is 0 Å². The van der Waals surface area contributed by atoms with Gasteiger partial charge < -0.3 is 0 Å². The first-order valence-corrected chi connectivity index (χ1v) is 5.18. The number of carbonyl (C=O) groups is 1. The van der Waals surface area contributed by atoms with Crippen LogP contribution >= 0.6 is 0 Å². The van der Waals surface area contributed by atoms with Crippen molar-refractivity contribution in [3.63, 3.8) is 0 Å². The van der Waals surface area contributed by atoms with Gasteiger partial charge in [0.2, 0.25) is 0 Å². The molecule has 0 aromatic heterocycles. The lowest BCUT2D eigenvalue weighted by atomic mass is 9.86. The number of carbonyl (C=O) groups excluding carboxylic acids is 1. The molecule has 0 aromatic carbocycles. The summed E-state index contributed by atoms with van der Waals surface area (Å²) in [4.78, 5) is 11.6. The lowest BCUT2D eigenvalue weighted by molar-refractivity contribution is -0.119. The highest BCUT2D eigenvalue weighted by Crippen LogP contribution is 2.24. The van der Waals surface area contributed by atoms with Gasteiger partial charge in [-0.2, -0.15) is 0 Å². The van der Waals surface area contributed by atoms with Gasteiger partial charge in [0.25, 0.3) is 0 Å². The van der Waals surface area contributed by atoms with E-state index in [1.165, 1.54) is 19.3 Å². The molecule has 1 saturated carbocycles. The van der Waals surface area contributed by atoms with Crippen LogP contribution in [0.15, 0.2) is 24.3 Å². The Hall–Kier alpha value is -0.850. The minimum absolute atomic E-state index is 0.315. The molecule has 1 aliphatic carbocycles. The molecule has 13 heavy (non-hydrogen) atoms. The number of hydrogen-bond acceptors (Lipinski definition) is 1. The van der Waals surface area contributed by atoms with Crippen LogP contribution in [0.3, 0.4) is 0 Å². The Balaban J connectivity index is 2.37. The van der Waals surface area contributed by atoms with Crippen molar-refractivity contribution in [2.45, 2.75) is 39.0 Å². The summed E-state index contributed by atoms with van der Waals surface area (Å²) >= 11 is 0. The Labute approximate surface area is 80.5 Å². The van der Waals surface area contributed by atoms with Crippen molar-refractivity contribution in [3.05, 3.63) is 24.3 Å². The van der Waals surface area contributed by atoms with E-state index >= 15 is 0 Å². The molecule has 0 radical (unpaired) electrons.